The van der Waals surface area contributed by atoms with E-state index < -0.39 is 5.41 Å². The molecule has 0 atom stereocenters. The molecule has 0 radical (unpaired) electrons. The Morgan fingerprint density at radius 1 is 1.17 bits per heavy atom. The first-order valence-electron chi connectivity index (χ1n) is 9.47. The molecule has 0 saturated heterocycles. The van der Waals surface area contributed by atoms with Gasteiger partial charge in [-0.15, -0.1) is 0 Å². The Bertz CT molecular complexity index is 469. The molecule has 4 heteroatoms. The van der Waals surface area contributed by atoms with Crippen LogP contribution in [0, 0.1) is 5.41 Å². The molecule has 0 aliphatic carbocycles. The molecule has 1 aromatic heterocycles. The van der Waals surface area contributed by atoms with E-state index in [1.54, 1.807) is 6.26 Å². The van der Waals surface area contributed by atoms with Crippen molar-refractivity contribution >= 4 is 5.97 Å². The lowest BCUT2D eigenvalue weighted by Crippen LogP contribution is -2.28. The summed E-state index contributed by atoms with van der Waals surface area (Å²) in [5.41, 5.74) is 0.263. The summed E-state index contributed by atoms with van der Waals surface area (Å²) in [7, 11) is 1.43. The fourth-order valence-electron chi connectivity index (χ4n) is 3.07. The first-order valence-corrected chi connectivity index (χ1v) is 9.47. The first kappa shape index (κ1) is 20.7. The Kier molecular flexibility index (Phi) is 9.09. The maximum absolute atomic E-state index is 11.8. The van der Waals surface area contributed by atoms with Gasteiger partial charge in [-0.05, 0) is 26.7 Å². The highest BCUT2D eigenvalue weighted by molar-refractivity contribution is 5.76. The number of ether oxygens (including phenoxy) is 1. The fraction of sp³-hybridized carbons (Fsp3) is 0.800. The van der Waals surface area contributed by atoms with Gasteiger partial charge in [-0.25, -0.2) is 4.98 Å². The topological polar surface area (TPSA) is 52.3 Å². The SMILES string of the molecule is CCCCCC(CCCCC)c1nc(CC(C)(C)C(=O)OC)co1. The average Bonchev–Trinajstić information content (AvgIpc) is 3.00. The van der Waals surface area contributed by atoms with Gasteiger partial charge in [0.1, 0.15) is 6.26 Å². The summed E-state index contributed by atoms with van der Waals surface area (Å²) in [4.78, 5) is 16.5. The molecule has 0 saturated carbocycles. The van der Waals surface area contributed by atoms with Gasteiger partial charge in [-0.3, -0.25) is 4.79 Å². The van der Waals surface area contributed by atoms with Crippen molar-refractivity contribution < 1.29 is 13.9 Å². The number of carbonyl (C=O) groups is 1. The predicted molar refractivity (Wildman–Crippen MR) is 97.0 cm³/mol. The molecule has 0 amide bonds. The Morgan fingerprint density at radius 2 is 1.75 bits per heavy atom. The van der Waals surface area contributed by atoms with Crippen molar-refractivity contribution in [1.82, 2.24) is 4.98 Å². The lowest BCUT2D eigenvalue weighted by atomic mass is 9.88. The van der Waals surface area contributed by atoms with Crippen LogP contribution < -0.4 is 0 Å². The number of esters is 1. The summed E-state index contributed by atoms with van der Waals surface area (Å²) in [6.07, 6.45) is 11.9. The molecule has 1 rings (SSSR count). The number of nitrogens with zero attached hydrogens (tertiary/aromatic N) is 1. The first-order chi connectivity index (χ1) is 11.4. The van der Waals surface area contributed by atoms with Gasteiger partial charge < -0.3 is 9.15 Å². The van der Waals surface area contributed by atoms with Crippen molar-refractivity contribution in [1.29, 1.82) is 0 Å². The van der Waals surface area contributed by atoms with Crippen LogP contribution in [0.5, 0.6) is 0 Å². The third-order valence-corrected chi connectivity index (χ3v) is 4.59. The van der Waals surface area contributed by atoms with Crippen molar-refractivity contribution in [2.75, 3.05) is 7.11 Å². The van der Waals surface area contributed by atoms with Gasteiger partial charge in [0.25, 0.3) is 0 Å². The minimum Gasteiger partial charge on any atom is -0.469 e. The van der Waals surface area contributed by atoms with E-state index in [4.69, 9.17) is 14.1 Å². The minimum absolute atomic E-state index is 0.213. The van der Waals surface area contributed by atoms with E-state index in [0.717, 1.165) is 24.4 Å². The van der Waals surface area contributed by atoms with Gasteiger partial charge in [0, 0.05) is 12.3 Å². The van der Waals surface area contributed by atoms with Gasteiger partial charge in [-0.2, -0.15) is 0 Å². The number of unbranched alkanes of at least 4 members (excludes halogenated alkanes) is 4. The van der Waals surface area contributed by atoms with Crippen molar-refractivity contribution in [2.24, 2.45) is 5.41 Å². The number of methoxy groups -OCH3 is 1. The highest BCUT2D eigenvalue weighted by Crippen LogP contribution is 2.30. The third kappa shape index (κ3) is 6.66. The Balaban J connectivity index is 2.73. The maximum Gasteiger partial charge on any atom is 0.311 e. The van der Waals surface area contributed by atoms with Crippen LogP contribution >= 0.6 is 0 Å². The monoisotopic (exact) mass is 337 g/mol. The lowest BCUT2D eigenvalue weighted by molar-refractivity contribution is -0.150. The second kappa shape index (κ2) is 10.5. The molecule has 138 valence electrons. The van der Waals surface area contributed by atoms with E-state index in [-0.39, 0.29) is 5.97 Å². The van der Waals surface area contributed by atoms with E-state index in [1.807, 2.05) is 13.8 Å². The van der Waals surface area contributed by atoms with E-state index in [1.165, 1.54) is 45.6 Å². The highest BCUT2D eigenvalue weighted by Gasteiger charge is 2.30. The van der Waals surface area contributed by atoms with Crippen molar-refractivity contribution in [3.63, 3.8) is 0 Å². The second-order valence-corrected chi connectivity index (χ2v) is 7.42. The zero-order valence-corrected chi connectivity index (χ0v) is 16.2. The molecule has 1 aromatic rings. The van der Waals surface area contributed by atoms with Gasteiger partial charge in [0.2, 0.25) is 0 Å². The van der Waals surface area contributed by atoms with Crippen LogP contribution in [-0.2, 0) is 16.0 Å². The zero-order chi connectivity index (χ0) is 18.0. The number of carbonyl (C=O) groups excluding carboxylic acids is 1. The second-order valence-electron chi connectivity index (χ2n) is 7.42. The lowest BCUT2D eigenvalue weighted by Gasteiger charge is -2.19. The normalized spacial score (nSPS) is 11.9. The fourth-order valence-corrected chi connectivity index (χ4v) is 3.07. The smallest absolute Gasteiger partial charge is 0.311 e. The predicted octanol–water partition coefficient (Wildman–Crippen LogP) is 5.66. The number of aromatic nitrogens is 1. The Morgan fingerprint density at radius 3 is 2.25 bits per heavy atom. The number of oxazole rings is 1. The number of rotatable bonds is 12. The molecule has 4 nitrogen and oxygen atoms in total. The van der Waals surface area contributed by atoms with Crippen molar-refractivity contribution in [2.45, 2.75) is 91.4 Å². The van der Waals surface area contributed by atoms with Crippen LogP contribution in [0.2, 0.25) is 0 Å². The molecule has 0 spiro atoms. The standard InChI is InChI=1S/C20H35NO3/c1-6-8-10-12-16(13-11-9-7-2)18-21-17(15-24-18)14-20(3,4)19(22)23-5/h15-16H,6-14H2,1-5H3. The molecule has 0 fully saturated rings. The molecule has 0 aromatic carbocycles. The van der Waals surface area contributed by atoms with E-state index in [0.29, 0.717) is 12.3 Å². The molecule has 0 unspecified atom stereocenters. The Labute approximate surface area is 147 Å². The average molecular weight is 338 g/mol. The minimum atomic E-state index is -0.581. The van der Waals surface area contributed by atoms with Gasteiger partial charge >= 0.3 is 5.97 Å². The Hall–Kier alpha value is -1.32. The quantitative estimate of drug-likeness (QED) is 0.365. The summed E-state index contributed by atoms with van der Waals surface area (Å²) < 4.78 is 10.7. The number of hydrogen-bond acceptors (Lipinski definition) is 4. The van der Waals surface area contributed by atoms with Crippen LogP contribution in [0.15, 0.2) is 10.7 Å². The van der Waals surface area contributed by atoms with Crippen LogP contribution in [-0.4, -0.2) is 18.1 Å². The third-order valence-electron chi connectivity index (χ3n) is 4.59. The largest absolute Gasteiger partial charge is 0.469 e. The van der Waals surface area contributed by atoms with E-state index in [2.05, 4.69) is 13.8 Å². The van der Waals surface area contributed by atoms with Gasteiger partial charge in [0.15, 0.2) is 5.89 Å². The molecule has 1 heterocycles. The van der Waals surface area contributed by atoms with E-state index >= 15 is 0 Å². The van der Waals surface area contributed by atoms with Gasteiger partial charge in [-0.1, -0.05) is 52.4 Å². The molecule has 0 N–H and O–H groups in total. The van der Waals surface area contributed by atoms with Gasteiger partial charge in [0.05, 0.1) is 18.2 Å². The molecular weight excluding hydrogens is 302 g/mol. The van der Waals surface area contributed by atoms with Crippen LogP contribution in [0.3, 0.4) is 0 Å². The highest BCUT2D eigenvalue weighted by atomic mass is 16.5. The van der Waals surface area contributed by atoms with Crippen LogP contribution in [0.25, 0.3) is 0 Å². The number of hydrogen-bond donors (Lipinski definition) is 0. The van der Waals surface area contributed by atoms with Crippen LogP contribution in [0.1, 0.15) is 96.6 Å². The maximum atomic E-state index is 11.8. The van der Waals surface area contributed by atoms with Crippen molar-refractivity contribution in [3.05, 3.63) is 17.8 Å². The van der Waals surface area contributed by atoms with E-state index in [9.17, 15) is 4.79 Å². The summed E-state index contributed by atoms with van der Waals surface area (Å²) in [5, 5.41) is 0. The molecular formula is C20H35NO3. The summed E-state index contributed by atoms with van der Waals surface area (Å²) in [6, 6.07) is 0. The summed E-state index contributed by atoms with van der Waals surface area (Å²) in [6.45, 7) is 8.22. The molecule has 0 aliphatic heterocycles. The summed E-state index contributed by atoms with van der Waals surface area (Å²) in [5.74, 6) is 1.03. The zero-order valence-electron chi connectivity index (χ0n) is 16.2. The van der Waals surface area contributed by atoms with Crippen molar-refractivity contribution in [3.8, 4) is 0 Å². The molecule has 24 heavy (non-hydrogen) atoms. The molecule has 0 bridgehead atoms. The molecule has 0 aliphatic rings. The summed E-state index contributed by atoms with van der Waals surface area (Å²) >= 11 is 0. The van der Waals surface area contributed by atoms with Crippen LogP contribution in [0.4, 0.5) is 0 Å².